The Bertz CT molecular complexity index is 1020. The highest BCUT2D eigenvalue weighted by Crippen LogP contribution is 2.20. The molecule has 3 rings (SSSR count). The van der Waals surface area contributed by atoms with Crippen LogP contribution in [0.15, 0.2) is 72.1 Å². The summed E-state index contributed by atoms with van der Waals surface area (Å²) in [7, 11) is 0. The molecule has 33 heavy (non-hydrogen) atoms. The maximum Gasteiger partial charge on any atom is 0.318 e. The van der Waals surface area contributed by atoms with Gasteiger partial charge in [0, 0.05) is 24.5 Å². The van der Waals surface area contributed by atoms with Gasteiger partial charge in [0.1, 0.15) is 6.54 Å². The molecule has 0 aliphatic rings. The predicted octanol–water partition coefficient (Wildman–Crippen LogP) is 5.45. The highest BCUT2D eigenvalue weighted by atomic mass is 32.1. The summed E-state index contributed by atoms with van der Waals surface area (Å²) >= 11 is 1.66. The van der Waals surface area contributed by atoms with Gasteiger partial charge in [-0.2, -0.15) is 0 Å². The zero-order valence-corrected chi connectivity index (χ0v) is 20.5. The van der Waals surface area contributed by atoms with Gasteiger partial charge in [-0.25, -0.2) is 4.79 Å². The Morgan fingerprint density at radius 1 is 0.879 bits per heavy atom. The lowest BCUT2D eigenvalue weighted by molar-refractivity contribution is -0.133. The fraction of sp³-hybridized carbons (Fsp3) is 0.333. The fourth-order valence-electron chi connectivity index (χ4n) is 3.58. The first-order chi connectivity index (χ1) is 15.9. The number of carbonyl (C=O) groups is 2. The van der Waals surface area contributed by atoms with Gasteiger partial charge in [0.05, 0.1) is 6.54 Å². The quantitative estimate of drug-likeness (QED) is 0.434. The molecule has 0 radical (unpaired) electrons. The molecule has 1 aromatic heterocycles. The van der Waals surface area contributed by atoms with Crippen molar-refractivity contribution in [1.29, 1.82) is 0 Å². The number of hydrogen-bond acceptors (Lipinski definition) is 3. The number of nitrogens with zero attached hydrogens (tertiary/aromatic N) is 2. The molecule has 6 heteroatoms. The number of carbonyl (C=O) groups excluding carboxylic acids is 2. The molecule has 0 aliphatic heterocycles. The van der Waals surface area contributed by atoms with E-state index in [0.29, 0.717) is 26.2 Å². The second-order valence-corrected chi connectivity index (χ2v) is 9.68. The molecule has 174 valence electrons. The first kappa shape index (κ1) is 24.5. The summed E-state index contributed by atoms with van der Waals surface area (Å²) in [5, 5.41) is 5.02. The maximum absolute atomic E-state index is 13.5. The van der Waals surface area contributed by atoms with Gasteiger partial charge in [0.25, 0.3) is 0 Å². The van der Waals surface area contributed by atoms with E-state index in [1.54, 1.807) is 16.2 Å². The van der Waals surface area contributed by atoms with Gasteiger partial charge in [-0.05, 0) is 41.0 Å². The van der Waals surface area contributed by atoms with Crippen molar-refractivity contribution in [2.45, 2.75) is 40.4 Å². The summed E-state index contributed by atoms with van der Waals surface area (Å²) in [4.78, 5) is 31.1. The van der Waals surface area contributed by atoms with Crippen molar-refractivity contribution < 1.29 is 9.59 Å². The molecule has 1 N–H and O–H groups in total. The molecule has 2 aromatic carbocycles. The van der Waals surface area contributed by atoms with Gasteiger partial charge in [0.15, 0.2) is 0 Å². The molecule has 0 atom stereocenters. The normalized spacial score (nSPS) is 10.8. The van der Waals surface area contributed by atoms with Crippen LogP contribution in [0.4, 0.5) is 4.79 Å². The third-order valence-electron chi connectivity index (χ3n) is 5.36. The number of rotatable bonds is 10. The van der Waals surface area contributed by atoms with Crippen LogP contribution in [-0.4, -0.2) is 34.8 Å². The fourth-order valence-corrected chi connectivity index (χ4v) is 4.50. The molecule has 0 aliphatic carbocycles. The number of thiophene rings is 1. The number of nitrogens with one attached hydrogen (secondary N) is 1. The van der Waals surface area contributed by atoms with Crippen LogP contribution in [0.1, 0.15) is 35.4 Å². The topological polar surface area (TPSA) is 52.7 Å². The van der Waals surface area contributed by atoms with Crippen molar-refractivity contribution in [3.63, 3.8) is 0 Å². The lowest BCUT2D eigenvalue weighted by atomic mass is 10.2. The second kappa shape index (κ2) is 12.2. The molecule has 0 unspecified atom stereocenters. The Morgan fingerprint density at radius 2 is 1.52 bits per heavy atom. The summed E-state index contributed by atoms with van der Waals surface area (Å²) in [5.41, 5.74) is 3.29. The van der Waals surface area contributed by atoms with Crippen LogP contribution in [0.5, 0.6) is 0 Å². The molecule has 0 bridgehead atoms. The molecule has 0 saturated heterocycles. The maximum atomic E-state index is 13.5. The Labute approximate surface area is 201 Å². The minimum atomic E-state index is -0.215. The lowest BCUT2D eigenvalue weighted by Gasteiger charge is -2.29. The van der Waals surface area contributed by atoms with Crippen LogP contribution < -0.4 is 5.32 Å². The zero-order valence-electron chi connectivity index (χ0n) is 19.7. The molecule has 1 heterocycles. The number of urea groups is 1. The summed E-state index contributed by atoms with van der Waals surface area (Å²) in [6.07, 6.45) is 0. The van der Waals surface area contributed by atoms with Gasteiger partial charge >= 0.3 is 6.03 Å². The van der Waals surface area contributed by atoms with Crippen LogP contribution in [0.3, 0.4) is 0 Å². The van der Waals surface area contributed by atoms with Crippen LogP contribution in [0, 0.1) is 12.8 Å². The summed E-state index contributed by atoms with van der Waals surface area (Å²) in [6, 6.07) is 21.7. The smallest absolute Gasteiger partial charge is 0.318 e. The average molecular weight is 464 g/mol. The number of aryl methyl sites for hydroxylation is 1. The predicted molar refractivity (Wildman–Crippen MR) is 135 cm³/mol. The number of benzene rings is 2. The molecular weight excluding hydrogens is 430 g/mol. The van der Waals surface area contributed by atoms with Crippen LogP contribution in [-0.2, 0) is 24.4 Å². The van der Waals surface area contributed by atoms with Gasteiger partial charge in [-0.1, -0.05) is 74.5 Å². The van der Waals surface area contributed by atoms with Gasteiger partial charge in [-0.3, -0.25) is 4.79 Å². The Morgan fingerprint density at radius 3 is 2.09 bits per heavy atom. The number of amides is 3. The van der Waals surface area contributed by atoms with Crippen molar-refractivity contribution in [1.82, 2.24) is 15.1 Å². The highest BCUT2D eigenvalue weighted by Gasteiger charge is 2.23. The van der Waals surface area contributed by atoms with Crippen molar-refractivity contribution in [3.05, 3.63) is 93.7 Å². The van der Waals surface area contributed by atoms with Gasteiger partial charge in [-0.15, -0.1) is 11.3 Å². The molecule has 3 amide bonds. The van der Waals surface area contributed by atoms with Gasteiger partial charge in [0.2, 0.25) is 5.91 Å². The van der Waals surface area contributed by atoms with Gasteiger partial charge < -0.3 is 15.1 Å². The van der Waals surface area contributed by atoms with E-state index >= 15 is 0 Å². The standard InChI is InChI=1S/C27H33N3O2S/c1-21(2)17-30(27(32)28-16-23-10-6-4-7-11-23)20-26(31)29(18-24-12-8-5-9-13-24)19-25-22(3)14-15-33-25/h4-15,21H,16-20H2,1-3H3,(H,28,32). The Kier molecular flexibility index (Phi) is 9.07. The third-order valence-corrected chi connectivity index (χ3v) is 6.36. The molecular formula is C27H33N3O2S. The van der Waals surface area contributed by atoms with E-state index in [0.717, 1.165) is 11.1 Å². The summed E-state index contributed by atoms with van der Waals surface area (Å²) in [6.45, 7) is 8.23. The van der Waals surface area contributed by atoms with E-state index in [1.165, 1.54) is 10.4 Å². The monoisotopic (exact) mass is 463 g/mol. The van der Waals surface area contributed by atoms with Crippen LogP contribution in [0.25, 0.3) is 0 Å². The van der Waals surface area contributed by atoms with E-state index in [9.17, 15) is 9.59 Å². The van der Waals surface area contributed by atoms with E-state index in [4.69, 9.17) is 0 Å². The summed E-state index contributed by atoms with van der Waals surface area (Å²) < 4.78 is 0. The number of hydrogen-bond donors (Lipinski definition) is 1. The summed E-state index contributed by atoms with van der Waals surface area (Å²) in [5.74, 6) is 0.199. The molecule has 0 spiro atoms. The minimum Gasteiger partial charge on any atom is -0.334 e. The van der Waals surface area contributed by atoms with E-state index < -0.39 is 0 Å². The van der Waals surface area contributed by atoms with Crippen LogP contribution in [0.2, 0.25) is 0 Å². The van der Waals surface area contributed by atoms with Crippen LogP contribution >= 0.6 is 11.3 Å². The third kappa shape index (κ3) is 7.75. The zero-order chi connectivity index (χ0) is 23.6. The molecule has 5 nitrogen and oxygen atoms in total. The minimum absolute atomic E-state index is 0.0516. The van der Waals surface area contributed by atoms with Crippen molar-refractivity contribution >= 4 is 23.3 Å². The lowest BCUT2D eigenvalue weighted by Crippen LogP contribution is -2.47. The molecule has 3 aromatic rings. The molecule has 0 saturated carbocycles. The van der Waals surface area contributed by atoms with Crippen molar-refractivity contribution in [2.75, 3.05) is 13.1 Å². The average Bonchev–Trinajstić information content (AvgIpc) is 3.22. The highest BCUT2D eigenvalue weighted by molar-refractivity contribution is 7.10. The first-order valence-electron chi connectivity index (χ1n) is 11.3. The van der Waals surface area contributed by atoms with Crippen molar-refractivity contribution in [2.24, 2.45) is 5.92 Å². The van der Waals surface area contributed by atoms with E-state index in [2.05, 4.69) is 37.5 Å². The van der Waals surface area contributed by atoms with E-state index in [-0.39, 0.29) is 24.4 Å². The molecule has 0 fully saturated rings. The Balaban J connectivity index is 1.72. The largest absolute Gasteiger partial charge is 0.334 e. The van der Waals surface area contributed by atoms with E-state index in [1.807, 2.05) is 65.6 Å². The van der Waals surface area contributed by atoms with Crippen molar-refractivity contribution in [3.8, 4) is 0 Å². The Hall–Kier alpha value is -3.12. The SMILES string of the molecule is Cc1ccsc1CN(Cc1ccccc1)C(=O)CN(CC(C)C)C(=O)NCc1ccccc1. The second-order valence-electron chi connectivity index (χ2n) is 8.68. The first-order valence-corrected chi connectivity index (χ1v) is 12.2.